The van der Waals surface area contributed by atoms with Crippen molar-refractivity contribution in [3.8, 4) is 11.4 Å². The van der Waals surface area contributed by atoms with E-state index < -0.39 is 5.60 Å². The molecule has 2 atom stereocenters. The van der Waals surface area contributed by atoms with Crippen LogP contribution in [0.4, 0.5) is 0 Å². The number of aromatic amines is 1. The summed E-state index contributed by atoms with van der Waals surface area (Å²) in [5, 5.41) is 7.20. The quantitative estimate of drug-likeness (QED) is 0.626. The summed E-state index contributed by atoms with van der Waals surface area (Å²) in [6.07, 6.45) is 2.49. The highest BCUT2D eigenvalue weighted by Gasteiger charge is 2.44. The zero-order valence-electron chi connectivity index (χ0n) is 14.3. The molecule has 1 fully saturated rings. The molecule has 0 bridgehead atoms. The zero-order chi connectivity index (χ0) is 17.9. The van der Waals surface area contributed by atoms with Gasteiger partial charge in [-0.25, -0.2) is 4.98 Å². The lowest BCUT2D eigenvalue weighted by Gasteiger charge is -2.20. The molecule has 1 N–H and O–H groups in total. The second-order valence-electron chi connectivity index (χ2n) is 6.54. The molecule has 0 spiro atoms. The first kappa shape index (κ1) is 17.7. The Kier molecular flexibility index (Phi) is 5.22. The molecule has 0 radical (unpaired) electrons. The molecule has 2 aromatic rings. The number of nitrogens with one attached hydrogen (secondary N) is 1. The van der Waals surface area contributed by atoms with Gasteiger partial charge in [0.2, 0.25) is 10.3 Å². The number of ether oxygens (including phenoxy) is 1. The number of carbonyl (C=O) groups excluding carboxylic acids is 2. The predicted octanol–water partition coefficient (Wildman–Crippen LogP) is 3.60. The van der Waals surface area contributed by atoms with E-state index in [2.05, 4.69) is 15.2 Å². The molecule has 2 unspecified atom stereocenters. The Morgan fingerprint density at radius 2 is 2.16 bits per heavy atom. The molecule has 0 aliphatic carbocycles. The van der Waals surface area contributed by atoms with Crippen molar-refractivity contribution in [3.05, 3.63) is 30.3 Å². The largest absolute Gasteiger partial charge is 0.459 e. The van der Waals surface area contributed by atoms with Gasteiger partial charge in [0.15, 0.2) is 5.82 Å². The van der Waals surface area contributed by atoms with Crippen molar-refractivity contribution >= 4 is 22.8 Å². The van der Waals surface area contributed by atoms with Gasteiger partial charge in [-0.15, -0.1) is 5.10 Å². The van der Waals surface area contributed by atoms with E-state index in [1.54, 1.807) is 0 Å². The number of hydrogen-bond donors (Lipinski definition) is 1. The van der Waals surface area contributed by atoms with Crippen molar-refractivity contribution in [2.45, 2.75) is 50.3 Å². The van der Waals surface area contributed by atoms with Crippen LogP contribution in [0.15, 0.2) is 35.5 Å². The molecule has 1 aliphatic heterocycles. The summed E-state index contributed by atoms with van der Waals surface area (Å²) in [5.41, 5.74) is 0.188. The van der Waals surface area contributed by atoms with Gasteiger partial charge in [0.1, 0.15) is 5.60 Å². The van der Waals surface area contributed by atoms with E-state index >= 15 is 0 Å². The number of aromatic nitrogens is 3. The third-order valence-corrected chi connectivity index (χ3v) is 4.97. The molecule has 1 aliphatic rings. The van der Waals surface area contributed by atoms with E-state index in [9.17, 15) is 9.59 Å². The van der Waals surface area contributed by atoms with Crippen molar-refractivity contribution in [2.24, 2.45) is 5.92 Å². The monoisotopic (exact) mass is 359 g/mol. The first-order valence-corrected chi connectivity index (χ1v) is 9.22. The summed E-state index contributed by atoms with van der Waals surface area (Å²) in [5.74, 6) is 0.338. The molecule has 7 heteroatoms. The first-order valence-electron chi connectivity index (χ1n) is 8.40. The Hall–Kier alpha value is -2.15. The van der Waals surface area contributed by atoms with Crippen LogP contribution >= 0.6 is 11.8 Å². The first-order chi connectivity index (χ1) is 12.0. The van der Waals surface area contributed by atoms with Crippen molar-refractivity contribution < 1.29 is 14.3 Å². The van der Waals surface area contributed by atoms with Crippen LogP contribution in [0.1, 0.15) is 39.5 Å². The van der Waals surface area contributed by atoms with Gasteiger partial charge in [-0.1, -0.05) is 43.7 Å². The summed E-state index contributed by atoms with van der Waals surface area (Å²) in [6, 6.07) is 9.59. The number of benzene rings is 1. The maximum absolute atomic E-state index is 12.4. The molecule has 1 aromatic heterocycles. The molecule has 0 saturated carbocycles. The minimum absolute atomic E-state index is 0.0963. The van der Waals surface area contributed by atoms with E-state index in [0.717, 1.165) is 30.2 Å². The van der Waals surface area contributed by atoms with Crippen LogP contribution in [0.2, 0.25) is 0 Å². The SMILES string of the molecule is CCCC1CC(C)(CC(=O)Sc2n[nH]c(-c3ccccc3)n2)OC1=O. The maximum Gasteiger partial charge on any atom is 0.309 e. The molecule has 132 valence electrons. The standard InChI is InChI=1S/C18H21N3O3S/c1-3-7-13-10-18(2,24-16(13)23)11-14(22)25-17-19-15(20-21-17)12-8-5-4-6-9-12/h4-6,8-9,13H,3,7,10-11H2,1-2H3,(H,19,20,21). The second kappa shape index (κ2) is 7.39. The van der Waals surface area contributed by atoms with Gasteiger partial charge in [0.25, 0.3) is 0 Å². The molecule has 3 rings (SSSR count). The van der Waals surface area contributed by atoms with Crippen LogP contribution in [0.5, 0.6) is 0 Å². The summed E-state index contributed by atoms with van der Waals surface area (Å²) in [6.45, 7) is 3.86. The molecule has 6 nitrogen and oxygen atoms in total. The van der Waals surface area contributed by atoms with Gasteiger partial charge in [-0.05, 0) is 25.1 Å². The van der Waals surface area contributed by atoms with Crippen molar-refractivity contribution in [1.29, 1.82) is 0 Å². The number of rotatable bonds is 6. The number of thioether (sulfide) groups is 1. The Balaban J connectivity index is 1.60. The second-order valence-corrected chi connectivity index (χ2v) is 7.57. The number of H-pyrrole nitrogens is 1. The van der Waals surface area contributed by atoms with Crippen LogP contribution in [0.25, 0.3) is 11.4 Å². The van der Waals surface area contributed by atoms with Crippen LogP contribution in [0, 0.1) is 5.92 Å². The van der Waals surface area contributed by atoms with E-state index in [-0.39, 0.29) is 23.4 Å². The fraction of sp³-hybridized carbons (Fsp3) is 0.444. The van der Waals surface area contributed by atoms with Crippen LogP contribution in [0.3, 0.4) is 0 Å². The summed E-state index contributed by atoms with van der Waals surface area (Å²) in [7, 11) is 0. The topological polar surface area (TPSA) is 84.9 Å². The highest BCUT2D eigenvalue weighted by molar-refractivity contribution is 8.13. The molecule has 1 aromatic carbocycles. The highest BCUT2D eigenvalue weighted by atomic mass is 32.2. The fourth-order valence-electron chi connectivity index (χ4n) is 3.11. The van der Waals surface area contributed by atoms with Gasteiger partial charge in [0, 0.05) is 12.0 Å². The lowest BCUT2D eigenvalue weighted by atomic mass is 9.91. The average molecular weight is 359 g/mol. The fourth-order valence-corrected chi connectivity index (χ4v) is 3.92. The number of hydrogen-bond acceptors (Lipinski definition) is 6. The third kappa shape index (κ3) is 4.28. The van der Waals surface area contributed by atoms with Crippen molar-refractivity contribution in [1.82, 2.24) is 15.2 Å². The van der Waals surface area contributed by atoms with Crippen molar-refractivity contribution in [2.75, 3.05) is 0 Å². The summed E-state index contributed by atoms with van der Waals surface area (Å²) < 4.78 is 5.48. The van der Waals surface area contributed by atoms with Crippen LogP contribution in [-0.4, -0.2) is 31.9 Å². The lowest BCUT2D eigenvalue weighted by Crippen LogP contribution is -2.26. The Morgan fingerprint density at radius 1 is 1.40 bits per heavy atom. The van der Waals surface area contributed by atoms with Gasteiger partial charge in [0.05, 0.1) is 12.3 Å². The Morgan fingerprint density at radius 3 is 2.88 bits per heavy atom. The highest BCUT2D eigenvalue weighted by Crippen LogP contribution is 2.37. The molecule has 0 amide bonds. The Bertz CT molecular complexity index is 762. The molecule has 1 saturated heterocycles. The lowest BCUT2D eigenvalue weighted by molar-refractivity contribution is -0.150. The summed E-state index contributed by atoms with van der Waals surface area (Å²) in [4.78, 5) is 28.6. The minimum Gasteiger partial charge on any atom is -0.459 e. The number of nitrogens with zero attached hydrogens (tertiary/aromatic N) is 2. The smallest absolute Gasteiger partial charge is 0.309 e. The minimum atomic E-state index is -0.723. The maximum atomic E-state index is 12.4. The van der Waals surface area contributed by atoms with Gasteiger partial charge >= 0.3 is 5.97 Å². The normalized spacial score (nSPS) is 22.8. The van der Waals surface area contributed by atoms with E-state index in [0.29, 0.717) is 17.4 Å². The van der Waals surface area contributed by atoms with Crippen LogP contribution < -0.4 is 0 Å². The van der Waals surface area contributed by atoms with E-state index in [1.807, 2.05) is 44.2 Å². The molecule has 25 heavy (non-hydrogen) atoms. The van der Waals surface area contributed by atoms with E-state index in [1.165, 1.54) is 0 Å². The number of carbonyl (C=O) groups is 2. The number of esters is 1. The summed E-state index contributed by atoms with van der Waals surface area (Å²) >= 11 is 0.977. The van der Waals surface area contributed by atoms with Gasteiger partial charge < -0.3 is 4.74 Å². The molecule has 2 heterocycles. The number of cyclic esters (lactones) is 1. The Labute approximate surface area is 150 Å². The van der Waals surface area contributed by atoms with Gasteiger partial charge in [-0.3, -0.25) is 14.7 Å². The molecular formula is C18H21N3O3S. The van der Waals surface area contributed by atoms with E-state index in [4.69, 9.17) is 4.74 Å². The molecular weight excluding hydrogens is 338 g/mol. The average Bonchev–Trinajstić information content (AvgIpc) is 3.13. The predicted molar refractivity (Wildman–Crippen MR) is 94.8 cm³/mol. The van der Waals surface area contributed by atoms with Gasteiger partial charge in [-0.2, -0.15) is 0 Å². The van der Waals surface area contributed by atoms with Crippen molar-refractivity contribution in [3.63, 3.8) is 0 Å². The zero-order valence-corrected chi connectivity index (χ0v) is 15.1. The van der Waals surface area contributed by atoms with Crippen LogP contribution in [-0.2, 0) is 14.3 Å². The third-order valence-electron chi connectivity index (χ3n) is 4.23.